The molecule has 1 heterocycles. The van der Waals surface area contributed by atoms with Gasteiger partial charge in [0, 0.05) is 32.8 Å². The molecular weight excluding hydrogens is 337 g/mol. The molecule has 132 valence electrons. The van der Waals surface area contributed by atoms with Gasteiger partial charge in [0.1, 0.15) is 5.82 Å². The van der Waals surface area contributed by atoms with Gasteiger partial charge in [-0.15, -0.1) is 0 Å². The van der Waals surface area contributed by atoms with E-state index in [0.717, 1.165) is 0 Å². The van der Waals surface area contributed by atoms with Crippen LogP contribution in [0, 0.1) is 5.82 Å². The highest BCUT2D eigenvalue weighted by Crippen LogP contribution is 2.19. The van der Waals surface area contributed by atoms with Gasteiger partial charge in [0.15, 0.2) is 0 Å². The van der Waals surface area contributed by atoms with E-state index in [4.69, 9.17) is 16.7 Å². The summed E-state index contributed by atoms with van der Waals surface area (Å²) in [5.74, 6) is -0.972. The number of nitrogens with one attached hydrogen (secondary N) is 2. The van der Waals surface area contributed by atoms with Gasteiger partial charge in [-0.1, -0.05) is 17.7 Å². The smallest absolute Gasteiger partial charge is 0.237 e. The van der Waals surface area contributed by atoms with Crippen molar-refractivity contribution in [3.05, 3.63) is 34.6 Å². The van der Waals surface area contributed by atoms with Gasteiger partial charge in [-0.3, -0.25) is 14.5 Å². The largest absolute Gasteiger partial charge is 0.396 e. The van der Waals surface area contributed by atoms with Crippen LogP contribution in [0.15, 0.2) is 18.2 Å². The number of aliphatic hydroxyl groups is 1. The van der Waals surface area contributed by atoms with Gasteiger partial charge in [-0.25, -0.2) is 4.39 Å². The van der Waals surface area contributed by atoms with E-state index < -0.39 is 11.9 Å². The molecule has 2 rings (SSSR count). The molecule has 0 saturated carbocycles. The van der Waals surface area contributed by atoms with E-state index in [0.29, 0.717) is 38.2 Å². The Morgan fingerprint density at radius 1 is 1.50 bits per heavy atom. The van der Waals surface area contributed by atoms with Crippen LogP contribution >= 0.6 is 11.6 Å². The van der Waals surface area contributed by atoms with E-state index in [9.17, 15) is 14.0 Å². The van der Waals surface area contributed by atoms with Crippen LogP contribution in [-0.2, 0) is 16.1 Å². The fourth-order valence-electron chi connectivity index (χ4n) is 2.60. The zero-order valence-electron chi connectivity index (χ0n) is 13.2. The molecule has 1 aliphatic heterocycles. The molecule has 1 atom stereocenters. The highest BCUT2D eigenvalue weighted by Gasteiger charge is 2.31. The molecule has 1 unspecified atom stereocenters. The molecule has 0 aromatic heterocycles. The fourth-order valence-corrected chi connectivity index (χ4v) is 2.72. The van der Waals surface area contributed by atoms with Crippen LogP contribution in [0.2, 0.25) is 5.02 Å². The first kappa shape index (κ1) is 18.6. The summed E-state index contributed by atoms with van der Waals surface area (Å²) in [7, 11) is 0. The van der Waals surface area contributed by atoms with Gasteiger partial charge >= 0.3 is 0 Å². The van der Waals surface area contributed by atoms with Crippen molar-refractivity contribution in [2.24, 2.45) is 0 Å². The third kappa shape index (κ3) is 5.15. The molecular formula is C16H21ClFN3O3. The average Bonchev–Trinajstić information content (AvgIpc) is 2.54. The molecule has 3 N–H and O–H groups in total. The quantitative estimate of drug-likeness (QED) is 0.626. The van der Waals surface area contributed by atoms with Crippen molar-refractivity contribution in [2.75, 3.05) is 26.2 Å². The van der Waals surface area contributed by atoms with E-state index in [1.807, 2.05) is 4.90 Å². The van der Waals surface area contributed by atoms with Crippen LogP contribution in [0.4, 0.5) is 4.39 Å². The lowest BCUT2D eigenvalue weighted by molar-refractivity contribution is -0.134. The Morgan fingerprint density at radius 2 is 2.29 bits per heavy atom. The summed E-state index contributed by atoms with van der Waals surface area (Å²) in [5.41, 5.74) is 0.692. The molecule has 6 nitrogen and oxygen atoms in total. The van der Waals surface area contributed by atoms with Crippen LogP contribution in [-0.4, -0.2) is 54.1 Å². The number of hydrogen-bond acceptors (Lipinski definition) is 4. The molecule has 1 aliphatic rings. The van der Waals surface area contributed by atoms with E-state index in [-0.39, 0.29) is 29.9 Å². The van der Waals surface area contributed by atoms with Crippen molar-refractivity contribution in [2.45, 2.75) is 25.4 Å². The molecule has 0 spiro atoms. The van der Waals surface area contributed by atoms with E-state index in [1.54, 1.807) is 6.07 Å². The summed E-state index contributed by atoms with van der Waals surface area (Å²) < 4.78 is 13.6. The molecule has 8 heteroatoms. The summed E-state index contributed by atoms with van der Waals surface area (Å²) in [4.78, 5) is 25.9. The third-order valence-electron chi connectivity index (χ3n) is 3.85. The van der Waals surface area contributed by atoms with Gasteiger partial charge in [0.2, 0.25) is 11.8 Å². The normalized spacial score (nSPS) is 18.3. The third-order valence-corrected chi connectivity index (χ3v) is 4.15. The van der Waals surface area contributed by atoms with Crippen molar-refractivity contribution in [1.82, 2.24) is 15.5 Å². The Kier molecular flexibility index (Phi) is 6.96. The second-order valence-electron chi connectivity index (χ2n) is 5.66. The van der Waals surface area contributed by atoms with Crippen LogP contribution in [0.25, 0.3) is 0 Å². The van der Waals surface area contributed by atoms with E-state index in [1.165, 1.54) is 12.1 Å². The van der Waals surface area contributed by atoms with Crippen LogP contribution in [0.1, 0.15) is 18.4 Å². The predicted molar refractivity (Wildman–Crippen MR) is 87.9 cm³/mol. The number of benzene rings is 1. The van der Waals surface area contributed by atoms with Gasteiger partial charge in [0.25, 0.3) is 0 Å². The number of hydrogen-bond donors (Lipinski definition) is 3. The van der Waals surface area contributed by atoms with Gasteiger partial charge in [-0.05, 0) is 24.1 Å². The number of carbonyl (C=O) groups is 2. The maximum Gasteiger partial charge on any atom is 0.237 e. The molecule has 0 aliphatic carbocycles. The van der Waals surface area contributed by atoms with Crippen molar-refractivity contribution in [3.8, 4) is 0 Å². The monoisotopic (exact) mass is 357 g/mol. The van der Waals surface area contributed by atoms with Crippen LogP contribution < -0.4 is 10.6 Å². The summed E-state index contributed by atoms with van der Waals surface area (Å²) in [5, 5.41) is 14.2. The van der Waals surface area contributed by atoms with Crippen molar-refractivity contribution in [3.63, 3.8) is 0 Å². The first-order valence-electron chi connectivity index (χ1n) is 7.84. The summed E-state index contributed by atoms with van der Waals surface area (Å²) >= 11 is 5.68. The number of carbonyl (C=O) groups excluding carboxylic acids is 2. The Labute approximate surface area is 145 Å². The zero-order chi connectivity index (χ0) is 17.5. The minimum atomic E-state index is -0.605. The van der Waals surface area contributed by atoms with Gasteiger partial charge in [0.05, 0.1) is 17.5 Å². The molecule has 0 radical (unpaired) electrons. The molecule has 2 amide bonds. The Balaban J connectivity index is 2.01. The average molecular weight is 358 g/mol. The van der Waals surface area contributed by atoms with Crippen molar-refractivity contribution < 1.29 is 19.1 Å². The highest BCUT2D eigenvalue weighted by molar-refractivity contribution is 6.30. The molecule has 1 saturated heterocycles. The predicted octanol–water partition coefficient (Wildman–Crippen LogP) is 0.668. The first-order valence-corrected chi connectivity index (χ1v) is 8.22. The lowest BCUT2D eigenvalue weighted by atomic mass is 10.1. The molecule has 24 heavy (non-hydrogen) atoms. The molecule has 1 fully saturated rings. The van der Waals surface area contributed by atoms with Crippen LogP contribution in [0.3, 0.4) is 0 Å². The highest BCUT2D eigenvalue weighted by atomic mass is 35.5. The maximum atomic E-state index is 13.6. The fraction of sp³-hybridized carbons (Fsp3) is 0.500. The number of rotatable bonds is 7. The number of halogens is 2. The second-order valence-corrected chi connectivity index (χ2v) is 6.06. The zero-order valence-corrected chi connectivity index (χ0v) is 14.0. The van der Waals surface area contributed by atoms with E-state index >= 15 is 0 Å². The van der Waals surface area contributed by atoms with Crippen molar-refractivity contribution in [1.29, 1.82) is 0 Å². The number of aliphatic hydroxyl groups excluding tert-OH is 1. The molecule has 1 aromatic carbocycles. The van der Waals surface area contributed by atoms with Crippen LogP contribution in [0.5, 0.6) is 0 Å². The van der Waals surface area contributed by atoms with Gasteiger partial charge < -0.3 is 15.7 Å². The minimum Gasteiger partial charge on any atom is -0.396 e. The number of amides is 2. The first-order chi connectivity index (χ1) is 11.5. The topological polar surface area (TPSA) is 81.7 Å². The standard InChI is InChI=1S/C16H21ClFN3O3/c17-12-3-2-11(8-13(12)18)10-21-6-5-20-16(24)14(21)9-15(23)19-4-1-7-22/h2-3,8,14,22H,1,4-7,9-10H2,(H,19,23)(H,20,24). The lowest BCUT2D eigenvalue weighted by Crippen LogP contribution is -2.56. The summed E-state index contributed by atoms with van der Waals surface area (Å²) in [6.07, 6.45) is 0.490. The SMILES string of the molecule is O=C(CC1C(=O)NCCN1Cc1ccc(Cl)c(F)c1)NCCCO. The Bertz CT molecular complexity index is 600. The molecule has 1 aromatic rings. The second kappa shape index (κ2) is 8.96. The number of piperazine rings is 1. The minimum absolute atomic E-state index is 0.00154. The Hall–Kier alpha value is -1.70. The number of nitrogens with zero attached hydrogens (tertiary/aromatic N) is 1. The van der Waals surface area contributed by atoms with E-state index in [2.05, 4.69) is 10.6 Å². The summed E-state index contributed by atoms with van der Waals surface area (Å²) in [6.45, 7) is 1.78. The summed E-state index contributed by atoms with van der Waals surface area (Å²) in [6, 6.07) is 3.92. The lowest BCUT2D eigenvalue weighted by Gasteiger charge is -2.34. The maximum absolute atomic E-state index is 13.6. The Morgan fingerprint density at radius 3 is 3.00 bits per heavy atom. The van der Waals surface area contributed by atoms with Gasteiger partial charge in [-0.2, -0.15) is 0 Å². The van der Waals surface area contributed by atoms with Crippen molar-refractivity contribution >= 4 is 23.4 Å². The molecule has 0 bridgehead atoms.